The van der Waals surface area contributed by atoms with E-state index in [1.54, 1.807) is 63.2 Å². The van der Waals surface area contributed by atoms with Gasteiger partial charge >= 0.3 is 5.97 Å². The Morgan fingerprint density at radius 3 is 2.28 bits per heavy atom. The van der Waals surface area contributed by atoms with E-state index in [1.165, 1.54) is 6.07 Å². The molecule has 0 saturated carbocycles. The molecule has 2 rings (SSSR count). The van der Waals surface area contributed by atoms with Gasteiger partial charge in [-0.25, -0.2) is 4.39 Å². The molecule has 0 aliphatic carbocycles. The Labute approximate surface area is 146 Å². The number of anilines is 1. The molecule has 1 amide bonds. The Morgan fingerprint density at radius 1 is 1.12 bits per heavy atom. The van der Waals surface area contributed by atoms with Crippen LogP contribution in [0.4, 0.5) is 10.1 Å². The molecule has 4 nitrogen and oxygen atoms in total. The predicted octanol–water partition coefficient (Wildman–Crippen LogP) is 4.01. The van der Waals surface area contributed by atoms with Gasteiger partial charge in [0.1, 0.15) is 5.82 Å². The van der Waals surface area contributed by atoms with E-state index in [0.717, 1.165) is 5.56 Å². The lowest BCUT2D eigenvalue weighted by atomic mass is 9.83. The fraction of sp³-hybridized carbons (Fsp3) is 0.300. The van der Waals surface area contributed by atoms with Crippen LogP contribution < -0.4 is 5.32 Å². The maximum absolute atomic E-state index is 14.0. The zero-order chi connectivity index (χ0) is 18.6. The van der Waals surface area contributed by atoms with Gasteiger partial charge in [0.2, 0.25) is 5.91 Å². The third kappa shape index (κ3) is 4.44. The van der Waals surface area contributed by atoms with Crippen molar-refractivity contribution in [2.45, 2.75) is 32.6 Å². The first kappa shape index (κ1) is 18.6. The van der Waals surface area contributed by atoms with Crippen LogP contribution in [-0.2, 0) is 21.4 Å². The number of carbonyl (C=O) groups excluding carboxylic acids is 1. The maximum atomic E-state index is 14.0. The highest BCUT2D eigenvalue weighted by molar-refractivity contribution is 5.98. The number of halogens is 1. The van der Waals surface area contributed by atoms with Crippen molar-refractivity contribution in [3.05, 3.63) is 65.5 Å². The van der Waals surface area contributed by atoms with Crippen LogP contribution in [-0.4, -0.2) is 17.0 Å². The fourth-order valence-electron chi connectivity index (χ4n) is 2.54. The Hall–Kier alpha value is -2.69. The van der Waals surface area contributed by atoms with Gasteiger partial charge in [0.15, 0.2) is 0 Å². The number of carboxylic acid groups (broad SMARTS) is 1. The minimum Gasteiger partial charge on any atom is -0.481 e. The van der Waals surface area contributed by atoms with Crippen LogP contribution in [0, 0.1) is 11.7 Å². The first-order chi connectivity index (χ1) is 11.7. The molecule has 1 unspecified atom stereocenters. The third-order valence-electron chi connectivity index (χ3n) is 4.29. The number of carboxylic acids is 1. The van der Waals surface area contributed by atoms with Crippen LogP contribution in [0.3, 0.4) is 0 Å². The lowest BCUT2D eigenvalue weighted by molar-refractivity contribution is -0.141. The fourth-order valence-corrected chi connectivity index (χ4v) is 2.54. The van der Waals surface area contributed by atoms with Gasteiger partial charge in [0, 0.05) is 11.3 Å². The van der Waals surface area contributed by atoms with Crippen LogP contribution in [0.25, 0.3) is 0 Å². The minimum absolute atomic E-state index is 0.316. The quantitative estimate of drug-likeness (QED) is 0.833. The van der Waals surface area contributed by atoms with Crippen molar-refractivity contribution in [2.75, 3.05) is 5.32 Å². The summed E-state index contributed by atoms with van der Waals surface area (Å²) in [5.74, 6) is -2.05. The lowest BCUT2D eigenvalue weighted by Crippen LogP contribution is -2.35. The summed E-state index contributed by atoms with van der Waals surface area (Å²) >= 11 is 0. The molecule has 0 spiro atoms. The molecule has 0 aliphatic rings. The van der Waals surface area contributed by atoms with Crippen molar-refractivity contribution < 1.29 is 19.1 Å². The van der Waals surface area contributed by atoms with Crippen molar-refractivity contribution in [1.82, 2.24) is 0 Å². The van der Waals surface area contributed by atoms with Gasteiger partial charge < -0.3 is 10.4 Å². The number of hydrogen-bond acceptors (Lipinski definition) is 2. The van der Waals surface area contributed by atoms with E-state index in [2.05, 4.69) is 5.32 Å². The highest BCUT2D eigenvalue weighted by Crippen LogP contribution is 2.27. The number of amides is 1. The average Bonchev–Trinajstić information content (AvgIpc) is 2.56. The van der Waals surface area contributed by atoms with Crippen molar-refractivity contribution in [1.29, 1.82) is 0 Å². The van der Waals surface area contributed by atoms with Gasteiger partial charge in [-0.1, -0.05) is 37.3 Å². The topological polar surface area (TPSA) is 66.4 Å². The molecule has 25 heavy (non-hydrogen) atoms. The van der Waals surface area contributed by atoms with E-state index in [9.17, 15) is 14.0 Å². The largest absolute Gasteiger partial charge is 0.481 e. The molecule has 0 heterocycles. The molecular weight excluding hydrogens is 321 g/mol. The number of aliphatic carboxylic acids is 1. The van der Waals surface area contributed by atoms with E-state index in [4.69, 9.17) is 5.11 Å². The zero-order valence-corrected chi connectivity index (χ0v) is 14.5. The molecule has 2 N–H and O–H groups in total. The molecule has 0 bridgehead atoms. The van der Waals surface area contributed by atoms with Gasteiger partial charge in [-0.15, -0.1) is 0 Å². The summed E-state index contributed by atoms with van der Waals surface area (Å²) in [4.78, 5) is 23.5. The summed E-state index contributed by atoms with van der Waals surface area (Å²) < 4.78 is 14.0. The number of carbonyl (C=O) groups is 2. The van der Waals surface area contributed by atoms with Crippen molar-refractivity contribution in [2.24, 2.45) is 5.92 Å². The summed E-state index contributed by atoms with van der Waals surface area (Å²) in [6.45, 7) is 4.99. The molecular formula is C20H22FNO3. The maximum Gasteiger partial charge on any atom is 0.306 e. The number of hydrogen-bond donors (Lipinski definition) is 2. The van der Waals surface area contributed by atoms with Crippen molar-refractivity contribution >= 4 is 17.6 Å². The molecule has 2 aromatic carbocycles. The normalized spacial score (nSPS) is 12.5. The first-order valence-corrected chi connectivity index (χ1v) is 8.10. The van der Waals surface area contributed by atoms with Gasteiger partial charge in [0.25, 0.3) is 0 Å². The van der Waals surface area contributed by atoms with Crippen LogP contribution in [0.15, 0.2) is 48.5 Å². The van der Waals surface area contributed by atoms with E-state index in [0.29, 0.717) is 17.7 Å². The highest BCUT2D eigenvalue weighted by Gasteiger charge is 2.32. The second kappa shape index (κ2) is 7.47. The molecule has 132 valence electrons. The number of nitrogens with one attached hydrogen (secondary N) is 1. The van der Waals surface area contributed by atoms with Crippen LogP contribution in [0.2, 0.25) is 0 Å². The lowest BCUT2D eigenvalue weighted by Gasteiger charge is -2.24. The van der Waals surface area contributed by atoms with Gasteiger partial charge in [0.05, 0.1) is 11.3 Å². The van der Waals surface area contributed by atoms with Gasteiger partial charge in [-0.3, -0.25) is 9.59 Å². The van der Waals surface area contributed by atoms with Crippen LogP contribution >= 0.6 is 0 Å². The summed E-state index contributed by atoms with van der Waals surface area (Å²) in [5.41, 5.74) is 0.767. The van der Waals surface area contributed by atoms with Crippen molar-refractivity contribution in [3.8, 4) is 0 Å². The van der Waals surface area contributed by atoms with E-state index < -0.39 is 23.1 Å². The molecule has 5 heteroatoms. The summed E-state index contributed by atoms with van der Waals surface area (Å²) in [6.07, 6.45) is 0.421. The first-order valence-electron chi connectivity index (χ1n) is 8.10. The van der Waals surface area contributed by atoms with E-state index in [1.807, 2.05) is 0 Å². The second-order valence-electron chi connectivity index (χ2n) is 6.70. The van der Waals surface area contributed by atoms with Crippen LogP contribution in [0.5, 0.6) is 0 Å². The summed E-state index contributed by atoms with van der Waals surface area (Å²) in [5, 5.41) is 11.7. The molecule has 0 aromatic heterocycles. The smallest absolute Gasteiger partial charge is 0.306 e. The molecule has 0 radical (unpaired) electrons. The molecule has 0 saturated heterocycles. The number of rotatable bonds is 6. The predicted molar refractivity (Wildman–Crippen MR) is 95.0 cm³/mol. The summed E-state index contributed by atoms with van der Waals surface area (Å²) in [7, 11) is 0. The summed E-state index contributed by atoms with van der Waals surface area (Å²) in [6, 6.07) is 13.2. The molecule has 2 aromatic rings. The Morgan fingerprint density at radius 2 is 1.72 bits per heavy atom. The zero-order valence-electron chi connectivity index (χ0n) is 14.5. The second-order valence-corrected chi connectivity index (χ2v) is 6.70. The third-order valence-corrected chi connectivity index (χ3v) is 4.29. The Kier molecular flexibility index (Phi) is 5.57. The minimum atomic E-state index is -1.03. The molecule has 0 aliphatic heterocycles. The van der Waals surface area contributed by atoms with E-state index >= 15 is 0 Å². The van der Waals surface area contributed by atoms with Gasteiger partial charge in [-0.05, 0) is 44.0 Å². The van der Waals surface area contributed by atoms with Gasteiger partial charge in [-0.2, -0.15) is 0 Å². The SMILES string of the molecule is CC(Cc1ccc(NC(=O)C(C)(C)c2ccccc2F)cc1)C(=O)O. The standard InChI is InChI=1S/C20H22FNO3/c1-13(18(23)24)12-14-8-10-15(11-9-14)22-19(25)20(2,3)16-6-4-5-7-17(16)21/h4-11,13H,12H2,1-3H3,(H,22,25)(H,23,24). The highest BCUT2D eigenvalue weighted by atomic mass is 19.1. The monoisotopic (exact) mass is 343 g/mol. The number of benzene rings is 2. The van der Waals surface area contributed by atoms with Crippen LogP contribution in [0.1, 0.15) is 31.9 Å². The Bertz CT molecular complexity index is 769. The van der Waals surface area contributed by atoms with E-state index in [-0.39, 0.29) is 5.91 Å². The molecule has 1 atom stereocenters. The molecule has 0 fully saturated rings. The average molecular weight is 343 g/mol. The van der Waals surface area contributed by atoms with Crippen molar-refractivity contribution in [3.63, 3.8) is 0 Å². The Balaban J connectivity index is 2.10.